The van der Waals surface area contributed by atoms with Gasteiger partial charge in [-0.3, -0.25) is 14.9 Å². The van der Waals surface area contributed by atoms with Gasteiger partial charge in [0.15, 0.2) is 0 Å². The van der Waals surface area contributed by atoms with E-state index >= 15 is 0 Å². The Labute approximate surface area is 153 Å². The Morgan fingerprint density at radius 3 is 2.65 bits per heavy atom. The fourth-order valence-corrected chi connectivity index (χ4v) is 3.84. The molecule has 1 aliphatic rings. The van der Waals surface area contributed by atoms with E-state index in [0.29, 0.717) is 11.3 Å². The van der Waals surface area contributed by atoms with Crippen molar-refractivity contribution < 1.29 is 9.72 Å². The summed E-state index contributed by atoms with van der Waals surface area (Å²) in [7, 11) is 1.51. The van der Waals surface area contributed by atoms with Crippen LogP contribution < -0.4 is 10.2 Å². The van der Waals surface area contributed by atoms with Crippen LogP contribution in [-0.2, 0) is 6.42 Å². The van der Waals surface area contributed by atoms with Gasteiger partial charge in [0.2, 0.25) is 0 Å². The van der Waals surface area contributed by atoms with E-state index in [9.17, 15) is 14.9 Å². The number of nitrogens with one attached hydrogen (secondary N) is 1. The van der Waals surface area contributed by atoms with E-state index in [-0.39, 0.29) is 17.1 Å². The molecule has 6 nitrogen and oxygen atoms in total. The summed E-state index contributed by atoms with van der Waals surface area (Å²) >= 11 is 0. The highest BCUT2D eigenvalue weighted by atomic mass is 16.6. The minimum Gasteiger partial charge on any atom is -0.360 e. The van der Waals surface area contributed by atoms with Gasteiger partial charge in [0, 0.05) is 30.8 Å². The van der Waals surface area contributed by atoms with Gasteiger partial charge in [-0.2, -0.15) is 0 Å². The van der Waals surface area contributed by atoms with Gasteiger partial charge in [-0.25, -0.2) is 0 Å². The van der Waals surface area contributed by atoms with Gasteiger partial charge < -0.3 is 10.2 Å². The number of carbonyl (C=O) groups excluding carboxylic acids is 1. The van der Waals surface area contributed by atoms with Crippen molar-refractivity contribution in [3.8, 4) is 0 Å². The van der Waals surface area contributed by atoms with Gasteiger partial charge >= 0.3 is 0 Å². The third kappa shape index (κ3) is 3.40. The average molecular weight is 353 g/mol. The molecule has 0 spiro atoms. The summed E-state index contributed by atoms with van der Waals surface area (Å²) in [6.07, 6.45) is 2.77. The first kappa shape index (κ1) is 17.9. The molecule has 136 valence electrons. The lowest BCUT2D eigenvalue weighted by Gasteiger charge is -2.37. The highest BCUT2D eigenvalue weighted by molar-refractivity contribution is 5.95. The number of benzene rings is 2. The van der Waals surface area contributed by atoms with Crippen LogP contribution in [0.2, 0.25) is 0 Å². The molecule has 1 saturated heterocycles. The van der Waals surface area contributed by atoms with Crippen molar-refractivity contribution >= 4 is 17.3 Å². The zero-order valence-corrected chi connectivity index (χ0v) is 15.1. The minimum atomic E-state index is -0.400. The molecule has 1 aliphatic heterocycles. The molecule has 0 unspecified atom stereocenters. The van der Waals surface area contributed by atoms with Crippen LogP contribution >= 0.6 is 0 Å². The highest BCUT2D eigenvalue weighted by Gasteiger charge is 2.39. The number of hydrogen-bond donors (Lipinski definition) is 1. The van der Waals surface area contributed by atoms with Crippen molar-refractivity contribution in [2.24, 2.45) is 0 Å². The smallest absolute Gasteiger partial charge is 0.293 e. The molecule has 2 aromatic carbocycles. The van der Waals surface area contributed by atoms with Crippen LogP contribution in [0.1, 0.15) is 35.7 Å². The van der Waals surface area contributed by atoms with E-state index < -0.39 is 4.92 Å². The van der Waals surface area contributed by atoms with Crippen molar-refractivity contribution in [1.82, 2.24) is 5.32 Å². The number of hydrogen-bond acceptors (Lipinski definition) is 4. The SMILES string of the molecule is CNC(=O)c1ccc(N2CCC[C@@]2(C)Cc2ccccc2)c([N+](=O)[O-])c1. The first-order valence-corrected chi connectivity index (χ1v) is 8.77. The molecule has 0 saturated carbocycles. The van der Waals surface area contributed by atoms with Crippen LogP contribution in [0.3, 0.4) is 0 Å². The second-order valence-corrected chi connectivity index (χ2v) is 6.95. The topological polar surface area (TPSA) is 75.5 Å². The molecule has 1 amide bonds. The van der Waals surface area contributed by atoms with Gasteiger partial charge in [0.05, 0.1) is 4.92 Å². The number of carbonyl (C=O) groups is 1. The summed E-state index contributed by atoms with van der Waals surface area (Å²) < 4.78 is 0. The molecule has 3 rings (SSSR count). The number of nitro benzene ring substituents is 1. The van der Waals surface area contributed by atoms with Gasteiger partial charge in [-0.1, -0.05) is 30.3 Å². The summed E-state index contributed by atoms with van der Waals surface area (Å²) in [5.74, 6) is -0.326. The fraction of sp³-hybridized carbons (Fsp3) is 0.350. The summed E-state index contributed by atoms with van der Waals surface area (Å²) in [6.45, 7) is 2.92. The lowest BCUT2D eigenvalue weighted by atomic mass is 9.89. The molecular formula is C20H23N3O3. The van der Waals surface area contributed by atoms with E-state index in [2.05, 4.69) is 29.3 Å². The number of nitro groups is 1. The Kier molecular flexibility index (Phi) is 4.93. The maximum Gasteiger partial charge on any atom is 0.293 e. The zero-order chi connectivity index (χ0) is 18.7. The Hall–Kier alpha value is -2.89. The van der Waals surface area contributed by atoms with Crippen molar-refractivity contribution in [2.75, 3.05) is 18.5 Å². The monoisotopic (exact) mass is 353 g/mol. The molecule has 26 heavy (non-hydrogen) atoms. The third-order valence-electron chi connectivity index (χ3n) is 5.13. The van der Waals surface area contributed by atoms with Crippen LogP contribution in [0.4, 0.5) is 11.4 Å². The van der Waals surface area contributed by atoms with Gasteiger partial charge in [0.25, 0.3) is 11.6 Å². The zero-order valence-electron chi connectivity index (χ0n) is 15.1. The molecule has 0 radical (unpaired) electrons. The number of rotatable bonds is 5. The largest absolute Gasteiger partial charge is 0.360 e. The predicted octanol–water partition coefficient (Wildman–Crippen LogP) is 3.56. The first-order valence-electron chi connectivity index (χ1n) is 8.77. The molecule has 0 aromatic heterocycles. The Balaban J connectivity index is 1.98. The Bertz CT molecular complexity index is 822. The van der Waals surface area contributed by atoms with Crippen LogP contribution in [0.5, 0.6) is 0 Å². The molecule has 0 aliphatic carbocycles. The van der Waals surface area contributed by atoms with Gasteiger partial charge in [-0.15, -0.1) is 0 Å². The highest BCUT2D eigenvalue weighted by Crippen LogP contribution is 2.41. The molecule has 2 aromatic rings. The lowest BCUT2D eigenvalue weighted by molar-refractivity contribution is -0.384. The molecule has 6 heteroatoms. The Morgan fingerprint density at radius 2 is 2.00 bits per heavy atom. The first-order chi connectivity index (χ1) is 12.4. The van der Waals surface area contributed by atoms with E-state index in [1.807, 2.05) is 18.2 Å². The van der Waals surface area contributed by atoms with Gasteiger partial charge in [0.1, 0.15) is 5.69 Å². The minimum absolute atomic E-state index is 0.0210. The molecule has 1 atom stereocenters. The maximum absolute atomic E-state index is 11.8. The van der Waals surface area contributed by atoms with E-state index in [1.165, 1.54) is 18.7 Å². The number of nitrogens with zero attached hydrogens (tertiary/aromatic N) is 2. The quantitative estimate of drug-likeness (QED) is 0.659. The van der Waals surface area contributed by atoms with Crippen molar-refractivity contribution in [2.45, 2.75) is 31.7 Å². The second kappa shape index (κ2) is 7.15. The fourth-order valence-electron chi connectivity index (χ4n) is 3.84. The van der Waals surface area contributed by atoms with Crippen molar-refractivity contribution in [3.63, 3.8) is 0 Å². The Morgan fingerprint density at radius 1 is 1.27 bits per heavy atom. The van der Waals surface area contributed by atoms with Gasteiger partial charge in [-0.05, 0) is 43.9 Å². The lowest BCUT2D eigenvalue weighted by Crippen LogP contribution is -2.43. The standard InChI is InChI=1S/C20H23N3O3/c1-20(14-15-7-4-3-5-8-15)11-6-12-22(20)17-10-9-16(19(24)21-2)13-18(17)23(25)26/h3-5,7-10,13H,6,11-12,14H2,1-2H3,(H,21,24)/t20-/m0/s1. The molecule has 1 heterocycles. The average Bonchev–Trinajstić information content (AvgIpc) is 3.02. The molecule has 0 bridgehead atoms. The van der Waals surface area contributed by atoms with E-state index in [1.54, 1.807) is 12.1 Å². The van der Waals surface area contributed by atoms with E-state index in [4.69, 9.17) is 0 Å². The summed E-state index contributed by atoms with van der Waals surface area (Å²) in [5, 5.41) is 14.2. The number of amides is 1. The van der Waals surface area contributed by atoms with Crippen LogP contribution in [-0.4, -0.2) is 30.0 Å². The molecule has 1 N–H and O–H groups in total. The van der Waals surface area contributed by atoms with Crippen LogP contribution in [0, 0.1) is 10.1 Å². The number of anilines is 1. The maximum atomic E-state index is 11.8. The second-order valence-electron chi connectivity index (χ2n) is 6.95. The summed E-state index contributed by atoms with van der Waals surface area (Å²) in [5.41, 5.74) is 1.88. The summed E-state index contributed by atoms with van der Waals surface area (Å²) in [6, 6.07) is 14.9. The molecule has 1 fully saturated rings. The van der Waals surface area contributed by atoms with E-state index in [0.717, 1.165) is 25.8 Å². The van der Waals surface area contributed by atoms with Crippen LogP contribution in [0.25, 0.3) is 0 Å². The summed E-state index contributed by atoms with van der Waals surface area (Å²) in [4.78, 5) is 25.2. The molecular weight excluding hydrogens is 330 g/mol. The third-order valence-corrected chi connectivity index (χ3v) is 5.13. The van der Waals surface area contributed by atoms with Crippen LogP contribution in [0.15, 0.2) is 48.5 Å². The predicted molar refractivity (Wildman–Crippen MR) is 102 cm³/mol. The normalized spacial score (nSPS) is 19.4. The van der Waals surface area contributed by atoms with Crippen molar-refractivity contribution in [3.05, 3.63) is 69.8 Å². The van der Waals surface area contributed by atoms with Crippen molar-refractivity contribution in [1.29, 1.82) is 0 Å².